The van der Waals surface area contributed by atoms with Crippen LogP contribution in [-0.4, -0.2) is 39.0 Å². The van der Waals surface area contributed by atoms with Gasteiger partial charge < -0.3 is 24.4 Å². The van der Waals surface area contributed by atoms with Gasteiger partial charge in [-0.1, -0.05) is 22.0 Å². The van der Waals surface area contributed by atoms with Gasteiger partial charge in [-0.2, -0.15) is 0 Å². The molecule has 1 N–H and O–H groups in total. The Morgan fingerprint density at radius 2 is 1.96 bits per heavy atom. The number of fused-ring (bicyclic) bond motifs is 1. The molecule has 2 aliphatic rings. The standard InChI is InChI=1S/C18H17BrN2O4/c19-12-4-5-15(21-6-8-23-9-7-21)14(10-12)20-18(22)13-2-1-3-16-17(13)25-11-24-16/h1-5,10H,6-9,11H2,(H,20,22). The normalized spacial score (nSPS) is 16.0. The Morgan fingerprint density at radius 1 is 1.12 bits per heavy atom. The number of para-hydroxylation sites is 1. The van der Waals surface area contributed by atoms with Gasteiger partial charge in [0.25, 0.3) is 5.91 Å². The molecule has 130 valence electrons. The van der Waals surface area contributed by atoms with Crippen LogP contribution in [0.4, 0.5) is 11.4 Å². The first kappa shape index (κ1) is 16.2. The molecule has 0 saturated carbocycles. The summed E-state index contributed by atoms with van der Waals surface area (Å²) >= 11 is 3.48. The van der Waals surface area contributed by atoms with Crippen LogP contribution in [0.15, 0.2) is 40.9 Å². The van der Waals surface area contributed by atoms with Crippen LogP contribution in [0.2, 0.25) is 0 Å². The van der Waals surface area contributed by atoms with Gasteiger partial charge in [-0.15, -0.1) is 0 Å². The van der Waals surface area contributed by atoms with E-state index in [-0.39, 0.29) is 12.7 Å². The van der Waals surface area contributed by atoms with E-state index in [1.165, 1.54) is 0 Å². The SMILES string of the molecule is O=C(Nc1cc(Br)ccc1N1CCOCC1)c1cccc2c1OCO2. The Hall–Kier alpha value is -2.25. The summed E-state index contributed by atoms with van der Waals surface area (Å²) in [6.45, 7) is 3.08. The van der Waals surface area contributed by atoms with Crippen LogP contribution in [0.1, 0.15) is 10.4 Å². The van der Waals surface area contributed by atoms with Crippen molar-refractivity contribution in [2.45, 2.75) is 0 Å². The number of nitrogens with one attached hydrogen (secondary N) is 1. The first-order valence-electron chi connectivity index (χ1n) is 8.04. The lowest BCUT2D eigenvalue weighted by Crippen LogP contribution is -2.36. The molecule has 0 radical (unpaired) electrons. The van der Waals surface area contributed by atoms with E-state index in [1.807, 2.05) is 18.2 Å². The number of rotatable bonds is 3. The highest BCUT2D eigenvalue weighted by Gasteiger charge is 2.23. The average molecular weight is 405 g/mol. The zero-order valence-corrected chi connectivity index (χ0v) is 15.0. The molecule has 1 fully saturated rings. The molecule has 1 amide bonds. The third-order valence-corrected chi connectivity index (χ3v) is 4.69. The number of carbonyl (C=O) groups is 1. The van der Waals surface area contributed by atoms with Crippen LogP contribution >= 0.6 is 15.9 Å². The number of hydrogen-bond acceptors (Lipinski definition) is 5. The number of ether oxygens (including phenoxy) is 3. The molecule has 2 aliphatic heterocycles. The summed E-state index contributed by atoms with van der Waals surface area (Å²) in [7, 11) is 0. The molecule has 25 heavy (non-hydrogen) atoms. The fraction of sp³-hybridized carbons (Fsp3) is 0.278. The Balaban J connectivity index is 1.63. The lowest BCUT2D eigenvalue weighted by Gasteiger charge is -2.30. The highest BCUT2D eigenvalue weighted by Crippen LogP contribution is 2.36. The summed E-state index contributed by atoms with van der Waals surface area (Å²) < 4.78 is 17.1. The lowest BCUT2D eigenvalue weighted by molar-refractivity contribution is 0.102. The molecule has 2 heterocycles. The first-order chi connectivity index (χ1) is 12.2. The number of benzene rings is 2. The number of nitrogens with zero attached hydrogens (tertiary/aromatic N) is 1. The molecular weight excluding hydrogens is 388 g/mol. The lowest BCUT2D eigenvalue weighted by atomic mass is 10.1. The van der Waals surface area contributed by atoms with Crippen molar-refractivity contribution in [1.29, 1.82) is 0 Å². The second kappa shape index (κ2) is 6.93. The molecule has 2 aromatic rings. The second-order valence-corrected chi connectivity index (χ2v) is 6.67. The second-order valence-electron chi connectivity index (χ2n) is 5.75. The van der Waals surface area contributed by atoms with Crippen molar-refractivity contribution in [3.8, 4) is 11.5 Å². The maximum atomic E-state index is 12.8. The number of carbonyl (C=O) groups excluding carboxylic acids is 1. The largest absolute Gasteiger partial charge is 0.454 e. The predicted octanol–water partition coefficient (Wildman–Crippen LogP) is 3.27. The molecule has 0 aromatic heterocycles. The van der Waals surface area contributed by atoms with Crippen LogP contribution in [0.3, 0.4) is 0 Å². The van der Waals surface area contributed by atoms with Gasteiger partial charge in [0.05, 0.1) is 30.2 Å². The van der Waals surface area contributed by atoms with E-state index in [9.17, 15) is 4.79 Å². The van der Waals surface area contributed by atoms with E-state index >= 15 is 0 Å². The predicted molar refractivity (Wildman–Crippen MR) is 97.7 cm³/mol. The molecule has 0 spiro atoms. The highest BCUT2D eigenvalue weighted by atomic mass is 79.9. The molecule has 2 aromatic carbocycles. The third kappa shape index (κ3) is 3.29. The summed E-state index contributed by atoms with van der Waals surface area (Å²) in [5, 5.41) is 3.01. The van der Waals surface area contributed by atoms with Gasteiger partial charge in [0.2, 0.25) is 6.79 Å². The smallest absolute Gasteiger partial charge is 0.259 e. The zero-order valence-electron chi connectivity index (χ0n) is 13.5. The van der Waals surface area contributed by atoms with Crippen LogP contribution in [0, 0.1) is 0 Å². The van der Waals surface area contributed by atoms with Gasteiger partial charge in [0, 0.05) is 17.6 Å². The van der Waals surface area contributed by atoms with Gasteiger partial charge in [0.1, 0.15) is 0 Å². The number of halogens is 1. The highest BCUT2D eigenvalue weighted by molar-refractivity contribution is 9.10. The Kier molecular flexibility index (Phi) is 4.50. The first-order valence-corrected chi connectivity index (χ1v) is 8.84. The van der Waals surface area contributed by atoms with E-state index < -0.39 is 0 Å². The molecule has 0 bridgehead atoms. The van der Waals surface area contributed by atoms with Gasteiger partial charge in [-0.05, 0) is 30.3 Å². The summed E-state index contributed by atoms with van der Waals surface area (Å²) in [5.74, 6) is 0.855. The van der Waals surface area contributed by atoms with Gasteiger partial charge in [0.15, 0.2) is 11.5 Å². The van der Waals surface area contributed by atoms with Crippen molar-refractivity contribution in [1.82, 2.24) is 0 Å². The number of amides is 1. The van der Waals surface area contributed by atoms with E-state index in [4.69, 9.17) is 14.2 Å². The molecule has 4 rings (SSSR count). The van der Waals surface area contributed by atoms with Crippen molar-refractivity contribution in [2.75, 3.05) is 43.3 Å². The van der Waals surface area contributed by atoms with Crippen molar-refractivity contribution in [3.63, 3.8) is 0 Å². The van der Waals surface area contributed by atoms with E-state index in [0.29, 0.717) is 30.3 Å². The Morgan fingerprint density at radius 3 is 2.80 bits per heavy atom. The van der Waals surface area contributed by atoms with Gasteiger partial charge in [-0.3, -0.25) is 4.79 Å². The summed E-state index contributed by atoms with van der Waals surface area (Å²) in [5.41, 5.74) is 2.19. The maximum Gasteiger partial charge on any atom is 0.259 e. The minimum Gasteiger partial charge on any atom is -0.454 e. The summed E-state index contributed by atoms with van der Waals surface area (Å²) in [6.07, 6.45) is 0. The number of morpholine rings is 1. The topological polar surface area (TPSA) is 60.0 Å². The number of hydrogen-bond donors (Lipinski definition) is 1. The van der Waals surface area contributed by atoms with E-state index in [1.54, 1.807) is 18.2 Å². The fourth-order valence-electron chi connectivity index (χ4n) is 2.99. The van der Waals surface area contributed by atoms with Crippen molar-refractivity contribution < 1.29 is 19.0 Å². The Bertz CT molecular complexity index is 806. The number of anilines is 2. The molecule has 6 nitrogen and oxygen atoms in total. The van der Waals surface area contributed by atoms with Gasteiger partial charge >= 0.3 is 0 Å². The van der Waals surface area contributed by atoms with Crippen molar-refractivity contribution >= 4 is 33.2 Å². The van der Waals surface area contributed by atoms with Crippen molar-refractivity contribution in [2.24, 2.45) is 0 Å². The fourth-order valence-corrected chi connectivity index (χ4v) is 3.35. The Labute approximate surface area is 153 Å². The molecule has 0 aliphatic carbocycles. The maximum absolute atomic E-state index is 12.8. The average Bonchev–Trinajstić information content (AvgIpc) is 3.11. The van der Waals surface area contributed by atoms with Crippen LogP contribution < -0.4 is 19.7 Å². The van der Waals surface area contributed by atoms with Gasteiger partial charge in [-0.25, -0.2) is 0 Å². The van der Waals surface area contributed by atoms with E-state index in [0.717, 1.165) is 28.9 Å². The molecular formula is C18H17BrN2O4. The molecule has 1 saturated heterocycles. The van der Waals surface area contributed by atoms with Crippen molar-refractivity contribution in [3.05, 3.63) is 46.4 Å². The quantitative estimate of drug-likeness (QED) is 0.850. The van der Waals surface area contributed by atoms with Crippen LogP contribution in [0.5, 0.6) is 11.5 Å². The summed E-state index contributed by atoms with van der Waals surface area (Å²) in [4.78, 5) is 15.0. The molecule has 7 heteroatoms. The monoisotopic (exact) mass is 404 g/mol. The summed E-state index contributed by atoms with van der Waals surface area (Å²) in [6, 6.07) is 11.2. The zero-order chi connectivity index (χ0) is 17.2. The third-order valence-electron chi connectivity index (χ3n) is 4.20. The van der Waals surface area contributed by atoms with Crippen LogP contribution in [0.25, 0.3) is 0 Å². The van der Waals surface area contributed by atoms with Crippen LogP contribution in [-0.2, 0) is 4.74 Å². The minimum atomic E-state index is -0.227. The molecule has 0 unspecified atom stereocenters. The molecule has 0 atom stereocenters. The minimum absolute atomic E-state index is 0.134. The van der Waals surface area contributed by atoms with E-state index in [2.05, 4.69) is 26.1 Å².